The number of quaternary nitrogens is 1. The average molecular weight is 397 g/mol. The number of nitrogens with zero attached hydrogens (tertiary/aromatic N) is 3. The van der Waals surface area contributed by atoms with Crippen molar-refractivity contribution < 1.29 is 4.92 Å². The van der Waals surface area contributed by atoms with Crippen LogP contribution in [0.15, 0.2) is 48.5 Å². The van der Waals surface area contributed by atoms with Crippen LogP contribution >= 0.6 is 23.2 Å². The number of anilines is 1. The predicted molar refractivity (Wildman–Crippen MR) is 111 cm³/mol. The summed E-state index contributed by atoms with van der Waals surface area (Å²) in [5.74, 6) is 1.08. The predicted octanol–water partition coefficient (Wildman–Crippen LogP) is 4.65. The van der Waals surface area contributed by atoms with Gasteiger partial charge in [0.15, 0.2) is 0 Å². The summed E-state index contributed by atoms with van der Waals surface area (Å²) >= 11 is 11.7. The van der Waals surface area contributed by atoms with Gasteiger partial charge < -0.3 is 4.90 Å². The van der Waals surface area contributed by atoms with Gasteiger partial charge in [0.05, 0.1) is 24.6 Å². The maximum atomic E-state index is 11.3. The summed E-state index contributed by atoms with van der Waals surface area (Å²) in [5, 5.41) is 11.3. The molecular weight excluding hydrogens is 373 g/mol. The lowest BCUT2D eigenvalue weighted by atomic mass is 10.1. The van der Waals surface area contributed by atoms with Crippen molar-refractivity contribution in [2.24, 2.45) is 0 Å². The molecule has 0 aromatic heterocycles. The number of halogens is 2. The number of rotatable bonds is 9. The van der Waals surface area contributed by atoms with Gasteiger partial charge in [-0.1, -0.05) is 12.1 Å². The lowest BCUT2D eigenvalue weighted by Crippen LogP contribution is -2.39. The van der Waals surface area contributed by atoms with Gasteiger partial charge in [0.1, 0.15) is 12.2 Å². The first-order valence-corrected chi connectivity index (χ1v) is 9.48. The molecule has 140 valence electrons. The number of nitro benzene ring substituents is 1. The molecular formula is C19H24Cl2N3O2+. The van der Waals surface area contributed by atoms with E-state index in [9.17, 15) is 10.1 Å². The number of nitro groups is 1. The largest absolute Gasteiger partial charge is 0.369 e. The molecule has 0 bridgehead atoms. The summed E-state index contributed by atoms with van der Waals surface area (Å²) in [6.45, 7) is 2.01. The van der Waals surface area contributed by atoms with Crippen LogP contribution in [0.1, 0.15) is 5.56 Å². The van der Waals surface area contributed by atoms with Crippen LogP contribution in [0.4, 0.5) is 17.1 Å². The Morgan fingerprint density at radius 2 is 1.58 bits per heavy atom. The van der Waals surface area contributed by atoms with E-state index in [1.807, 2.05) is 38.4 Å². The Labute approximate surface area is 164 Å². The molecule has 0 amide bonds. The molecule has 0 aliphatic rings. The fourth-order valence-electron chi connectivity index (χ4n) is 2.98. The highest BCUT2D eigenvalue weighted by molar-refractivity contribution is 6.18. The third-order valence-electron chi connectivity index (χ3n) is 4.38. The standard InChI is InChI=1S/C19H24Cl2N3O2/c1-24(2,15-16-5-3-4-6-19(16)23(25)26)18-9-7-17(8-10-18)22(13-11-20)14-12-21/h3-10H,11-15H2,1-2H3/q+1. The van der Waals surface area contributed by atoms with E-state index in [1.54, 1.807) is 12.1 Å². The lowest BCUT2D eigenvalue weighted by molar-refractivity contribution is -0.385. The van der Waals surface area contributed by atoms with Crippen LogP contribution in [0.25, 0.3) is 0 Å². The summed E-state index contributed by atoms with van der Waals surface area (Å²) in [7, 11) is 4.09. The summed E-state index contributed by atoms with van der Waals surface area (Å²) in [5.41, 5.74) is 3.02. The summed E-state index contributed by atoms with van der Waals surface area (Å²) in [6, 6.07) is 15.1. The Morgan fingerprint density at radius 1 is 1.00 bits per heavy atom. The van der Waals surface area contributed by atoms with E-state index in [0.29, 0.717) is 22.8 Å². The van der Waals surface area contributed by atoms with Crippen molar-refractivity contribution in [3.63, 3.8) is 0 Å². The minimum Gasteiger partial charge on any atom is -0.369 e. The van der Waals surface area contributed by atoms with Gasteiger partial charge in [-0.15, -0.1) is 23.2 Å². The highest BCUT2D eigenvalue weighted by atomic mass is 35.5. The first kappa shape index (κ1) is 20.5. The van der Waals surface area contributed by atoms with Crippen molar-refractivity contribution in [2.45, 2.75) is 6.54 Å². The van der Waals surface area contributed by atoms with Crippen LogP contribution in [-0.4, -0.2) is 43.9 Å². The van der Waals surface area contributed by atoms with Crippen LogP contribution in [0, 0.1) is 10.1 Å². The highest BCUT2D eigenvalue weighted by Crippen LogP contribution is 2.28. The molecule has 5 nitrogen and oxygen atoms in total. The molecule has 0 fully saturated rings. The summed E-state index contributed by atoms with van der Waals surface area (Å²) in [4.78, 5) is 13.1. The second-order valence-electron chi connectivity index (χ2n) is 6.61. The molecule has 0 saturated heterocycles. The Bertz CT molecular complexity index is 730. The molecule has 2 aromatic rings. The van der Waals surface area contributed by atoms with E-state index in [-0.39, 0.29) is 10.6 Å². The van der Waals surface area contributed by atoms with Crippen molar-refractivity contribution in [1.29, 1.82) is 0 Å². The van der Waals surface area contributed by atoms with Crippen molar-refractivity contribution in [2.75, 3.05) is 43.8 Å². The Balaban J connectivity index is 2.23. The Morgan fingerprint density at radius 3 is 2.12 bits per heavy atom. The first-order valence-electron chi connectivity index (χ1n) is 8.42. The minimum absolute atomic E-state index is 0.158. The lowest BCUT2D eigenvalue weighted by Gasteiger charge is -2.30. The fourth-order valence-corrected chi connectivity index (χ4v) is 3.39. The molecule has 7 heteroatoms. The smallest absolute Gasteiger partial charge is 0.278 e. The Hall–Kier alpha value is -1.82. The van der Waals surface area contributed by atoms with E-state index in [1.165, 1.54) is 0 Å². The van der Waals surface area contributed by atoms with E-state index in [2.05, 4.69) is 17.0 Å². The summed E-state index contributed by atoms with van der Waals surface area (Å²) in [6.07, 6.45) is 0. The monoisotopic (exact) mass is 396 g/mol. The van der Waals surface area contributed by atoms with Crippen molar-refractivity contribution in [3.05, 3.63) is 64.2 Å². The van der Waals surface area contributed by atoms with Crippen LogP contribution in [-0.2, 0) is 6.54 Å². The molecule has 0 aliphatic heterocycles. The zero-order valence-corrected chi connectivity index (χ0v) is 16.6. The second-order valence-corrected chi connectivity index (χ2v) is 7.37. The van der Waals surface area contributed by atoms with Gasteiger partial charge in [-0.25, -0.2) is 0 Å². The quantitative estimate of drug-likeness (QED) is 0.268. The van der Waals surface area contributed by atoms with E-state index >= 15 is 0 Å². The van der Waals surface area contributed by atoms with Crippen LogP contribution in [0.5, 0.6) is 0 Å². The van der Waals surface area contributed by atoms with Crippen molar-refractivity contribution >= 4 is 40.3 Å². The maximum absolute atomic E-state index is 11.3. The SMILES string of the molecule is C[N+](C)(Cc1ccccc1[N+](=O)[O-])c1ccc(N(CCCl)CCCl)cc1. The number of hydrogen-bond donors (Lipinski definition) is 0. The molecule has 0 atom stereocenters. The third-order valence-corrected chi connectivity index (χ3v) is 4.71. The third kappa shape index (κ3) is 5.10. The molecule has 26 heavy (non-hydrogen) atoms. The first-order chi connectivity index (χ1) is 12.4. The van der Waals surface area contributed by atoms with Gasteiger partial charge in [-0.05, 0) is 18.2 Å². The summed E-state index contributed by atoms with van der Waals surface area (Å²) < 4.78 is 0.510. The molecule has 0 N–H and O–H groups in total. The van der Waals surface area contributed by atoms with Crippen LogP contribution in [0.3, 0.4) is 0 Å². The van der Waals surface area contributed by atoms with Gasteiger partial charge >= 0.3 is 0 Å². The molecule has 0 heterocycles. The Kier molecular flexibility index (Phi) is 7.26. The molecule has 0 radical (unpaired) electrons. The maximum Gasteiger partial charge on any atom is 0.278 e. The molecule has 0 spiro atoms. The number of para-hydroxylation sites is 1. The van der Waals surface area contributed by atoms with Gasteiger partial charge in [0, 0.05) is 48.7 Å². The highest BCUT2D eigenvalue weighted by Gasteiger charge is 2.24. The van der Waals surface area contributed by atoms with Crippen molar-refractivity contribution in [3.8, 4) is 0 Å². The van der Waals surface area contributed by atoms with Gasteiger partial charge in [-0.3, -0.25) is 14.6 Å². The molecule has 0 unspecified atom stereocenters. The zero-order chi connectivity index (χ0) is 19.2. The van der Waals surface area contributed by atoms with E-state index < -0.39 is 0 Å². The number of hydrogen-bond acceptors (Lipinski definition) is 3. The number of benzene rings is 2. The minimum atomic E-state index is -0.325. The van der Waals surface area contributed by atoms with Crippen LogP contribution < -0.4 is 9.38 Å². The van der Waals surface area contributed by atoms with Crippen molar-refractivity contribution in [1.82, 2.24) is 4.48 Å². The fraction of sp³-hybridized carbons (Fsp3) is 0.368. The van der Waals surface area contributed by atoms with E-state index in [4.69, 9.17) is 23.2 Å². The molecule has 2 aromatic carbocycles. The van der Waals surface area contributed by atoms with Crippen LogP contribution in [0.2, 0.25) is 0 Å². The average Bonchev–Trinajstić information content (AvgIpc) is 2.61. The molecule has 2 rings (SSSR count). The molecule has 0 aliphatic carbocycles. The molecule has 0 saturated carbocycles. The zero-order valence-electron chi connectivity index (χ0n) is 15.1. The van der Waals surface area contributed by atoms with Gasteiger partial charge in [-0.2, -0.15) is 0 Å². The topological polar surface area (TPSA) is 46.4 Å². The second kappa shape index (κ2) is 9.21. The number of alkyl halides is 2. The van der Waals surface area contributed by atoms with Gasteiger partial charge in [0.2, 0.25) is 0 Å². The van der Waals surface area contributed by atoms with Gasteiger partial charge in [0.25, 0.3) is 5.69 Å². The van der Waals surface area contributed by atoms with E-state index in [0.717, 1.165) is 30.0 Å². The normalized spacial score (nSPS) is 11.4.